The van der Waals surface area contributed by atoms with Gasteiger partial charge in [-0.1, -0.05) is 13.8 Å². The van der Waals surface area contributed by atoms with Crippen molar-refractivity contribution in [2.45, 2.75) is 32.9 Å². The molecule has 12 heavy (non-hydrogen) atoms. The van der Waals surface area contributed by atoms with Crippen molar-refractivity contribution in [3.63, 3.8) is 0 Å². The molecule has 0 amide bonds. The molecule has 0 rings (SSSR count). The summed E-state index contributed by atoms with van der Waals surface area (Å²) >= 11 is 0. The SMILES string of the molecule is CC(C)C(C)N(C)CC(O)CO. The van der Waals surface area contributed by atoms with E-state index in [-0.39, 0.29) is 6.61 Å². The first-order chi connectivity index (χ1) is 5.49. The van der Waals surface area contributed by atoms with Gasteiger partial charge in [0.25, 0.3) is 0 Å². The van der Waals surface area contributed by atoms with E-state index in [1.54, 1.807) is 0 Å². The lowest BCUT2D eigenvalue weighted by Gasteiger charge is -2.29. The number of hydrogen-bond acceptors (Lipinski definition) is 3. The Bertz CT molecular complexity index is 117. The van der Waals surface area contributed by atoms with Crippen molar-refractivity contribution in [2.75, 3.05) is 20.2 Å². The fourth-order valence-corrected chi connectivity index (χ4v) is 1.07. The van der Waals surface area contributed by atoms with E-state index in [9.17, 15) is 0 Å². The van der Waals surface area contributed by atoms with Crippen LogP contribution in [0.5, 0.6) is 0 Å². The summed E-state index contributed by atoms with van der Waals surface area (Å²) in [4.78, 5) is 2.06. The van der Waals surface area contributed by atoms with E-state index in [4.69, 9.17) is 10.2 Å². The van der Waals surface area contributed by atoms with Gasteiger partial charge in [-0.3, -0.25) is 0 Å². The maximum atomic E-state index is 9.17. The highest BCUT2D eigenvalue weighted by atomic mass is 16.3. The fraction of sp³-hybridized carbons (Fsp3) is 1.00. The molecule has 3 nitrogen and oxygen atoms in total. The molecule has 0 heterocycles. The van der Waals surface area contributed by atoms with Crippen LogP contribution in [0.3, 0.4) is 0 Å². The third kappa shape index (κ3) is 4.04. The van der Waals surface area contributed by atoms with E-state index in [1.807, 2.05) is 7.05 Å². The van der Waals surface area contributed by atoms with Gasteiger partial charge in [0.05, 0.1) is 12.7 Å². The van der Waals surface area contributed by atoms with Crippen molar-refractivity contribution in [1.82, 2.24) is 4.90 Å². The zero-order valence-electron chi connectivity index (χ0n) is 8.49. The normalized spacial score (nSPS) is 17.0. The molecular formula is C9H21NO2. The molecule has 74 valence electrons. The van der Waals surface area contributed by atoms with Crippen molar-refractivity contribution >= 4 is 0 Å². The van der Waals surface area contributed by atoms with Gasteiger partial charge >= 0.3 is 0 Å². The molecule has 0 aromatic carbocycles. The third-order valence-electron chi connectivity index (χ3n) is 2.37. The second-order valence-electron chi connectivity index (χ2n) is 3.76. The first-order valence-corrected chi connectivity index (χ1v) is 4.48. The minimum Gasteiger partial charge on any atom is -0.394 e. The smallest absolute Gasteiger partial charge is 0.0897 e. The molecule has 0 saturated heterocycles. The Kier molecular flexibility index (Phi) is 5.46. The fourth-order valence-electron chi connectivity index (χ4n) is 1.07. The Morgan fingerprint density at radius 2 is 1.75 bits per heavy atom. The Labute approximate surface area is 75.0 Å². The Balaban J connectivity index is 3.78. The summed E-state index contributed by atoms with van der Waals surface area (Å²) in [5.41, 5.74) is 0. The number of rotatable bonds is 5. The number of nitrogens with zero attached hydrogens (tertiary/aromatic N) is 1. The topological polar surface area (TPSA) is 43.7 Å². The van der Waals surface area contributed by atoms with Gasteiger partial charge in [-0.2, -0.15) is 0 Å². The highest BCUT2D eigenvalue weighted by molar-refractivity contribution is 4.69. The van der Waals surface area contributed by atoms with Gasteiger partial charge in [-0.05, 0) is 19.9 Å². The molecule has 2 atom stereocenters. The number of likely N-dealkylation sites (N-methyl/N-ethyl adjacent to an activating group) is 1. The molecule has 0 aromatic rings. The van der Waals surface area contributed by atoms with Crippen LogP contribution >= 0.6 is 0 Å². The number of aliphatic hydroxyl groups is 2. The van der Waals surface area contributed by atoms with Crippen molar-refractivity contribution in [1.29, 1.82) is 0 Å². The van der Waals surface area contributed by atoms with Crippen LogP contribution in [-0.4, -0.2) is 47.5 Å². The minimum absolute atomic E-state index is 0.158. The van der Waals surface area contributed by atoms with Gasteiger partial charge in [0, 0.05) is 12.6 Å². The molecule has 0 aliphatic heterocycles. The van der Waals surface area contributed by atoms with E-state index < -0.39 is 6.10 Å². The summed E-state index contributed by atoms with van der Waals surface area (Å²) in [7, 11) is 1.96. The van der Waals surface area contributed by atoms with Crippen molar-refractivity contribution in [2.24, 2.45) is 5.92 Å². The molecule has 0 spiro atoms. The maximum absolute atomic E-state index is 9.17. The van der Waals surface area contributed by atoms with Crippen LogP contribution in [0.25, 0.3) is 0 Å². The van der Waals surface area contributed by atoms with Crippen LogP contribution in [0.4, 0.5) is 0 Å². The lowest BCUT2D eigenvalue weighted by atomic mass is 10.1. The summed E-state index contributed by atoms with van der Waals surface area (Å²) < 4.78 is 0. The Morgan fingerprint density at radius 3 is 2.08 bits per heavy atom. The van der Waals surface area contributed by atoms with Gasteiger partial charge in [-0.15, -0.1) is 0 Å². The van der Waals surface area contributed by atoms with Gasteiger partial charge in [0.1, 0.15) is 0 Å². The van der Waals surface area contributed by atoms with Crippen LogP contribution in [0.2, 0.25) is 0 Å². The highest BCUT2D eigenvalue weighted by Crippen LogP contribution is 2.07. The summed E-state index contributed by atoms with van der Waals surface area (Å²) in [5, 5.41) is 17.8. The molecule has 0 aliphatic carbocycles. The van der Waals surface area contributed by atoms with Crippen LogP contribution in [0.1, 0.15) is 20.8 Å². The van der Waals surface area contributed by atoms with E-state index in [2.05, 4.69) is 25.7 Å². The number of aliphatic hydroxyl groups excluding tert-OH is 2. The monoisotopic (exact) mass is 175 g/mol. The first-order valence-electron chi connectivity index (χ1n) is 4.48. The van der Waals surface area contributed by atoms with Gasteiger partial charge in [-0.25, -0.2) is 0 Å². The van der Waals surface area contributed by atoms with Crippen LogP contribution in [-0.2, 0) is 0 Å². The van der Waals surface area contributed by atoms with E-state index in [0.717, 1.165) is 0 Å². The summed E-state index contributed by atoms with van der Waals surface area (Å²) in [6, 6.07) is 0.436. The summed E-state index contributed by atoms with van der Waals surface area (Å²) in [6.07, 6.45) is -0.615. The quantitative estimate of drug-likeness (QED) is 0.632. The predicted octanol–water partition coefficient (Wildman–Crippen LogP) is 0.316. The molecule has 0 aliphatic rings. The van der Waals surface area contributed by atoms with Crippen LogP contribution < -0.4 is 0 Å². The molecule has 0 saturated carbocycles. The van der Waals surface area contributed by atoms with Crippen molar-refractivity contribution in [3.8, 4) is 0 Å². The molecular weight excluding hydrogens is 154 g/mol. The van der Waals surface area contributed by atoms with E-state index in [1.165, 1.54) is 0 Å². The van der Waals surface area contributed by atoms with Crippen LogP contribution in [0.15, 0.2) is 0 Å². The average Bonchev–Trinajstić information content (AvgIpc) is 2.02. The molecule has 2 N–H and O–H groups in total. The predicted molar refractivity (Wildman–Crippen MR) is 50.0 cm³/mol. The Hall–Kier alpha value is -0.120. The average molecular weight is 175 g/mol. The van der Waals surface area contributed by atoms with Gasteiger partial charge in [0.15, 0.2) is 0 Å². The zero-order chi connectivity index (χ0) is 9.72. The lowest BCUT2D eigenvalue weighted by molar-refractivity contribution is 0.0503. The van der Waals surface area contributed by atoms with E-state index >= 15 is 0 Å². The minimum atomic E-state index is -0.615. The summed E-state index contributed by atoms with van der Waals surface area (Å²) in [6.45, 7) is 6.79. The molecule has 0 radical (unpaired) electrons. The standard InChI is InChI=1S/C9H21NO2/c1-7(2)8(3)10(4)5-9(12)6-11/h7-9,11-12H,5-6H2,1-4H3. The number of hydrogen-bond donors (Lipinski definition) is 2. The highest BCUT2D eigenvalue weighted by Gasteiger charge is 2.15. The second kappa shape index (κ2) is 5.51. The lowest BCUT2D eigenvalue weighted by Crippen LogP contribution is -2.39. The summed E-state index contributed by atoms with van der Waals surface area (Å²) in [5.74, 6) is 0.570. The second-order valence-corrected chi connectivity index (χ2v) is 3.76. The Morgan fingerprint density at radius 1 is 1.25 bits per heavy atom. The van der Waals surface area contributed by atoms with Crippen molar-refractivity contribution in [3.05, 3.63) is 0 Å². The molecule has 3 heteroatoms. The molecule has 2 unspecified atom stereocenters. The largest absolute Gasteiger partial charge is 0.394 e. The van der Waals surface area contributed by atoms with Gasteiger partial charge < -0.3 is 15.1 Å². The first kappa shape index (κ1) is 11.9. The maximum Gasteiger partial charge on any atom is 0.0897 e. The van der Waals surface area contributed by atoms with Gasteiger partial charge in [0.2, 0.25) is 0 Å². The van der Waals surface area contributed by atoms with E-state index in [0.29, 0.717) is 18.5 Å². The zero-order valence-corrected chi connectivity index (χ0v) is 8.49. The molecule has 0 aromatic heterocycles. The third-order valence-corrected chi connectivity index (χ3v) is 2.37. The molecule has 0 bridgehead atoms. The van der Waals surface area contributed by atoms with Crippen molar-refractivity contribution < 1.29 is 10.2 Å². The molecule has 0 fully saturated rings. The van der Waals surface area contributed by atoms with Crippen LogP contribution in [0, 0.1) is 5.92 Å².